The number of rotatable bonds is 1. The van der Waals surface area contributed by atoms with E-state index in [4.69, 9.17) is 0 Å². The fourth-order valence-corrected chi connectivity index (χ4v) is 0.413. The largest absolute Gasteiger partial charge is 0.233 e. The molecule has 0 aromatic rings. The van der Waals surface area contributed by atoms with Gasteiger partial charge in [-0.2, -0.15) is 0 Å². The first kappa shape index (κ1) is 9.49. The molecule has 1 heteroatoms. The van der Waals surface area contributed by atoms with Crippen LogP contribution in [0.1, 0.15) is 27.7 Å². The molecule has 0 nitrogen and oxygen atoms in total. The molecule has 0 aliphatic heterocycles. The SMILES string of the molecule is CC(C)C#CC(F)C(C)C. The maximum absolute atomic E-state index is 12.7. The molecule has 0 radical (unpaired) electrons. The molecule has 0 saturated carbocycles. The van der Waals surface area contributed by atoms with Crippen LogP contribution in [0.2, 0.25) is 0 Å². The predicted octanol–water partition coefficient (Wildman–Crippen LogP) is 2.64. The second kappa shape index (κ2) is 4.33. The van der Waals surface area contributed by atoms with Crippen molar-refractivity contribution in [1.82, 2.24) is 0 Å². The summed E-state index contributed by atoms with van der Waals surface area (Å²) in [6.07, 6.45) is -0.956. The van der Waals surface area contributed by atoms with Crippen molar-refractivity contribution in [2.45, 2.75) is 33.9 Å². The molecule has 1 unspecified atom stereocenters. The molecule has 1 atom stereocenters. The lowest BCUT2D eigenvalue weighted by Crippen LogP contribution is -2.05. The lowest BCUT2D eigenvalue weighted by atomic mass is 10.1. The summed E-state index contributed by atoms with van der Waals surface area (Å²) in [5.41, 5.74) is 0. The van der Waals surface area contributed by atoms with Gasteiger partial charge in [0.1, 0.15) is 0 Å². The van der Waals surface area contributed by atoms with Crippen molar-refractivity contribution in [1.29, 1.82) is 0 Å². The van der Waals surface area contributed by atoms with Crippen molar-refractivity contribution >= 4 is 0 Å². The van der Waals surface area contributed by atoms with Crippen molar-refractivity contribution in [3.05, 3.63) is 0 Å². The molecule has 0 aliphatic rings. The standard InChI is InChI=1S/C9H15F/c1-7(2)5-6-9(10)8(3)4/h7-9H,1-4H3. The Labute approximate surface area is 62.8 Å². The minimum absolute atomic E-state index is 0.0197. The highest BCUT2D eigenvalue weighted by molar-refractivity contribution is 5.07. The van der Waals surface area contributed by atoms with Crippen LogP contribution < -0.4 is 0 Å². The minimum atomic E-state index is -0.956. The van der Waals surface area contributed by atoms with Gasteiger partial charge in [-0.1, -0.05) is 39.5 Å². The fraction of sp³-hybridized carbons (Fsp3) is 0.778. The average Bonchev–Trinajstić information content (AvgIpc) is 1.82. The predicted molar refractivity (Wildman–Crippen MR) is 42.3 cm³/mol. The van der Waals surface area contributed by atoms with Gasteiger partial charge in [0.15, 0.2) is 6.17 Å². The Kier molecular flexibility index (Phi) is 4.11. The molecule has 10 heavy (non-hydrogen) atoms. The van der Waals surface area contributed by atoms with E-state index in [0.29, 0.717) is 0 Å². The molecule has 0 aliphatic carbocycles. The van der Waals surface area contributed by atoms with Crippen LogP contribution in [0.25, 0.3) is 0 Å². The van der Waals surface area contributed by atoms with E-state index in [1.807, 2.05) is 27.7 Å². The lowest BCUT2D eigenvalue weighted by molar-refractivity contribution is 0.325. The highest BCUT2D eigenvalue weighted by atomic mass is 19.1. The van der Waals surface area contributed by atoms with E-state index in [9.17, 15) is 4.39 Å². The third-order valence-corrected chi connectivity index (χ3v) is 1.10. The molecule has 0 amide bonds. The van der Waals surface area contributed by atoms with Crippen LogP contribution in [0.15, 0.2) is 0 Å². The molecule has 0 heterocycles. The summed E-state index contributed by atoms with van der Waals surface area (Å²) >= 11 is 0. The number of hydrogen-bond donors (Lipinski definition) is 0. The molecular formula is C9H15F. The first-order chi connectivity index (χ1) is 4.54. The van der Waals surface area contributed by atoms with Gasteiger partial charge in [0.2, 0.25) is 0 Å². The van der Waals surface area contributed by atoms with Crippen molar-refractivity contribution in [2.24, 2.45) is 11.8 Å². The normalized spacial score (nSPS) is 13.1. The lowest BCUT2D eigenvalue weighted by Gasteiger charge is -2.02. The van der Waals surface area contributed by atoms with Crippen LogP contribution in [0.4, 0.5) is 4.39 Å². The summed E-state index contributed by atoms with van der Waals surface area (Å²) in [5, 5.41) is 0. The fourth-order valence-electron chi connectivity index (χ4n) is 0.413. The van der Waals surface area contributed by atoms with E-state index >= 15 is 0 Å². The molecule has 58 valence electrons. The minimum Gasteiger partial charge on any atom is -0.233 e. The zero-order valence-corrected chi connectivity index (χ0v) is 7.11. The maximum atomic E-state index is 12.7. The van der Waals surface area contributed by atoms with Gasteiger partial charge in [-0.15, -0.1) is 0 Å². The van der Waals surface area contributed by atoms with E-state index in [1.165, 1.54) is 0 Å². The number of halogens is 1. The van der Waals surface area contributed by atoms with Crippen LogP contribution in [0.3, 0.4) is 0 Å². The summed E-state index contributed by atoms with van der Waals surface area (Å²) in [5.74, 6) is 5.66. The van der Waals surface area contributed by atoms with E-state index in [2.05, 4.69) is 11.8 Å². The van der Waals surface area contributed by atoms with Gasteiger partial charge in [-0.05, 0) is 5.92 Å². The third kappa shape index (κ3) is 4.38. The number of hydrogen-bond acceptors (Lipinski definition) is 0. The first-order valence-corrected chi connectivity index (χ1v) is 3.69. The Morgan fingerprint density at radius 2 is 1.50 bits per heavy atom. The van der Waals surface area contributed by atoms with Crippen molar-refractivity contribution in [3.63, 3.8) is 0 Å². The van der Waals surface area contributed by atoms with Gasteiger partial charge >= 0.3 is 0 Å². The van der Waals surface area contributed by atoms with Gasteiger partial charge in [0.25, 0.3) is 0 Å². The molecule has 0 bridgehead atoms. The highest BCUT2D eigenvalue weighted by Crippen LogP contribution is 2.04. The van der Waals surface area contributed by atoms with Gasteiger partial charge in [0, 0.05) is 5.92 Å². The van der Waals surface area contributed by atoms with Gasteiger partial charge in [0.05, 0.1) is 0 Å². The monoisotopic (exact) mass is 142 g/mol. The summed E-state index contributed by atoms with van der Waals surface area (Å²) in [4.78, 5) is 0. The third-order valence-electron chi connectivity index (χ3n) is 1.10. The quantitative estimate of drug-likeness (QED) is 0.494. The van der Waals surface area contributed by atoms with Crippen LogP contribution in [-0.4, -0.2) is 6.17 Å². The molecule has 0 fully saturated rings. The Hall–Kier alpha value is -0.510. The molecule has 0 aromatic carbocycles. The van der Waals surface area contributed by atoms with Crippen molar-refractivity contribution in [2.75, 3.05) is 0 Å². The zero-order valence-electron chi connectivity index (χ0n) is 7.11. The summed E-state index contributed by atoms with van der Waals surface area (Å²) in [6.45, 7) is 7.58. The maximum Gasteiger partial charge on any atom is 0.162 e. The average molecular weight is 142 g/mol. The van der Waals surface area contributed by atoms with Gasteiger partial charge in [-0.3, -0.25) is 0 Å². The van der Waals surface area contributed by atoms with Crippen LogP contribution in [0, 0.1) is 23.7 Å². The smallest absolute Gasteiger partial charge is 0.162 e. The molecule has 0 aromatic heterocycles. The molecule has 0 saturated heterocycles. The van der Waals surface area contributed by atoms with Crippen LogP contribution in [-0.2, 0) is 0 Å². The van der Waals surface area contributed by atoms with Crippen molar-refractivity contribution < 1.29 is 4.39 Å². The van der Waals surface area contributed by atoms with Crippen LogP contribution in [0.5, 0.6) is 0 Å². The Morgan fingerprint density at radius 3 is 1.80 bits per heavy atom. The van der Waals surface area contributed by atoms with Crippen LogP contribution >= 0.6 is 0 Å². The summed E-state index contributed by atoms with van der Waals surface area (Å²) < 4.78 is 12.7. The Bertz CT molecular complexity index is 137. The second-order valence-corrected chi connectivity index (χ2v) is 3.09. The van der Waals surface area contributed by atoms with Gasteiger partial charge < -0.3 is 0 Å². The molecule has 0 rings (SSSR count). The first-order valence-electron chi connectivity index (χ1n) is 3.69. The summed E-state index contributed by atoms with van der Waals surface area (Å²) in [7, 11) is 0. The second-order valence-electron chi connectivity index (χ2n) is 3.09. The summed E-state index contributed by atoms with van der Waals surface area (Å²) in [6, 6.07) is 0. The zero-order chi connectivity index (χ0) is 8.15. The molecule has 0 N–H and O–H groups in total. The highest BCUT2D eigenvalue weighted by Gasteiger charge is 2.05. The van der Waals surface area contributed by atoms with E-state index in [1.54, 1.807) is 0 Å². The Balaban J connectivity index is 3.80. The van der Waals surface area contributed by atoms with E-state index < -0.39 is 6.17 Å². The molecular weight excluding hydrogens is 127 g/mol. The van der Waals surface area contributed by atoms with Crippen molar-refractivity contribution in [3.8, 4) is 11.8 Å². The van der Waals surface area contributed by atoms with Gasteiger partial charge in [-0.25, -0.2) is 4.39 Å². The van der Waals surface area contributed by atoms with E-state index in [-0.39, 0.29) is 11.8 Å². The Morgan fingerprint density at radius 1 is 1.00 bits per heavy atom. The topological polar surface area (TPSA) is 0 Å². The van der Waals surface area contributed by atoms with E-state index in [0.717, 1.165) is 0 Å². The molecule has 0 spiro atoms. The number of alkyl halides is 1.